The van der Waals surface area contributed by atoms with Gasteiger partial charge < -0.3 is 10.4 Å². The summed E-state index contributed by atoms with van der Waals surface area (Å²) >= 11 is 9.17. The minimum absolute atomic E-state index is 0.00362. The quantitative estimate of drug-likeness (QED) is 0.468. The van der Waals surface area contributed by atoms with Crippen molar-refractivity contribution >= 4 is 49.0 Å². The maximum Gasteiger partial charge on any atom is 0.255 e. The highest BCUT2D eigenvalue weighted by molar-refractivity contribution is 9.10. The Hall–Kier alpha value is -2.35. The van der Waals surface area contributed by atoms with Crippen molar-refractivity contribution in [1.82, 2.24) is 0 Å². The summed E-state index contributed by atoms with van der Waals surface area (Å²) in [6.45, 7) is 3.12. The predicted octanol–water partition coefficient (Wildman–Crippen LogP) is 5.51. The van der Waals surface area contributed by atoms with Crippen molar-refractivity contribution in [1.29, 1.82) is 0 Å². The molecule has 2 N–H and O–H groups in total. The molecule has 0 aliphatic heterocycles. The van der Waals surface area contributed by atoms with Gasteiger partial charge in [0, 0.05) is 20.7 Å². The van der Waals surface area contributed by atoms with Crippen LogP contribution in [0.5, 0.6) is 5.75 Å². The number of halogens is 2. The van der Waals surface area contributed by atoms with Crippen LogP contribution in [0.1, 0.15) is 21.5 Å². The monoisotopic (exact) mass is 493 g/mol. The summed E-state index contributed by atoms with van der Waals surface area (Å²) in [6, 6.07) is 14.0. The van der Waals surface area contributed by atoms with Gasteiger partial charge in [-0.3, -0.25) is 4.79 Å². The lowest BCUT2D eigenvalue weighted by Gasteiger charge is -2.17. The fourth-order valence-corrected chi connectivity index (χ4v) is 4.91. The summed E-state index contributed by atoms with van der Waals surface area (Å²) in [5.74, 6) is -0.736. The minimum Gasteiger partial charge on any atom is -0.506 e. The number of hydrogen-bond donors (Lipinski definition) is 2. The average molecular weight is 495 g/mol. The van der Waals surface area contributed by atoms with Crippen LogP contribution in [0, 0.1) is 13.8 Å². The number of aryl methyl sites for hydroxylation is 1. The Morgan fingerprint density at radius 2 is 1.62 bits per heavy atom. The molecule has 5 nitrogen and oxygen atoms in total. The number of aromatic hydroxyl groups is 1. The molecule has 3 aromatic rings. The Labute approximate surface area is 182 Å². The molecule has 0 saturated carbocycles. The standard InChI is InChI=1S/C21H17BrClNO4S/c1-12-11-18(24-21(26)14-3-5-15(22)6-4-14)13(2)20(19(12)25)29(27,28)17-9-7-16(23)8-10-17/h3-11,25H,1-2H3,(H,24,26). The molecule has 0 bridgehead atoms. The number of phenolic OH excluding ortho intramolecular Hbond substituents is 1. The SMILES string of the molecule is Cc1cc(NC(=O)c2ccc(Br)cc2)c(C)c(S(=O)(=O)c2ccc(Cl)cc2)c1O. The molecule has 1 amide bonds. The number of hydrogen-bond acceptors (Lipinski definition) is 4. The van der Waals surface area contributed by atoms with Crippen molar-refractivity contribution in [2.75, 3.05) is 5.32 Å². The molecule has 150 valence electrons. The Kier molecular flexibility index (Phi) is 6.03. The molecule has 0 aromatic heterocycles. The molecule has 8 heteroatoms. The molecular weight excluding hydrogens is 478 g/mol. The molecular formula is C21H17BrClNO4S. The molecule has 0 atom stereocenters. The first-order valence-corrected chi connectivity index (χ1v) is 11.2. The van der Waals surface area contributed by atoms with Gasteiger partial charge >= 0.3 is 0 Å². The Morgan fingerprint density at radius 1 is 1.03 bits per heavy atom. The van der Waals surface area contributed by atoms with Crippen molar-refractivity contribution < 1.29 is 18.3 Å². The normalized spacial score (nSPS) is 11.3. The van der Waals surface area contributed by atoms with Gasteiger partial charge in [0.1, 0.15) is 10.6 Å². The van der Waals surface area contributed by atoms with Crippen molar-refractivity contribution in [3.63, 3.8) is 0 Å². The molecule has 3 aromatic carbocycles. The van der Waals surface area contributed by atoms with Gasteiger partial charge in [0.15, 0.2) is 0 Å². The zero-order chi connectivity index (χ0) is 21.3. The topological polar surface area (TPSA) is 83.5 Å². The summed E-state index contributed by atoms with van der Waals surface area (Å²) in [6.07, 6.45) is 0. The molecule has 0 fully saturated rings. The van der Waals surface area contributed by atoms with Crippen LogP contribution in [0.25, 0.3) is 0 Å². The number of amides is 1. The lowest BCUT2D eigenvalue weighted by Crippen LogP contribution is -2.15. The van der Waals surface area contributed by atoms with Crippen molar-refractivity contribution in [2.24, 2.45) is 0 Å². The van der Waals surface area contributed by atoms with E-state index in [2.05, 4.69) is 21.2 Å². The molecule has 0 unspecified atom stereocenters. The van der Waals surface area contributed by atoms with Crippen LogP contribution in [-0.4, -0.2) is 19.4 Å². The fraction of sp³-hybridized carbons (Fsp3) is 0.0952. The van der Waals surface area contributed by atoms with Crippen LogP contribution in [0.15, 0.2) is 68.9 Å². The van der Waals surface area contributed by atoms with Gasteiger partial charge in [-0.1, -0.05) is 27.5 Å². The number of rotatable bonds is 4. The van der Waals surface area contributed by atoms with E-state index in [-0.39, 0.29) is 27.0 Å². The summed E-state index contributed by atoms with van der Waals surface area (Å²) in [5, 5.41) is 13.6. The van der Waals surface area contributed by atoms with E-state index in [1.807, 2.05) is 0 Å². The highest BCUT2D eigenvalue weighted by atomic mass is 79.9. The van der Waals surface area contributed by atoms with Crippen LogP contribution in [0.2, 0.25) is 5.02 Å². The molecule has 0 aliphatic rings. The summed E-state index contributed by atoms with van der Waals surface area (Å²) in [5.41, 5.74) is 1.30. The number of nitrogens with one attached hydrogen (secondary N) is 1. The summed E-state index contributed by atoms with van der Waals surface area (Å²) in [7, 11) is -4.03. The van der Waals surface area contributed by atoms with Crippen LogP contribution in [0.3, 0.4) is 0 Å². The number of carbonyl (C=O) groups excluding carboxylic acids is 1. The number of anilines is 1. The third kappa shape index (κ3) is 4.32. The van der Waals surface area contributed by atoms with E-state index in [0.29, 0.717) is 21.8 Å². The van der Waals surface area contributed by atoms with E-state index in [9.17, 15) is 18.3 Å². The van der Waals surface area contributed by atoms with Gasteiger partial charge in [0.25, 0.3) is 5.91 Å². The second-order valence-electron chi connectivity index (χ2n) is 6.46. The maximum atomic E-state index is 13.2. The van der Waals surface area contributed by atoms with Gasteiger partial charge in [-0.15, -0.1) is 0 Å². The van der Waals surface area contributed by atoms with E-state index >= 15 is 0 Å². The van der Waals surface area contributed by atoms with Crippen LogP contribution in [0.4, 0.5) is 5.69 Å². The minimum atomic E-state index is -4.03. The van der Waals surface area contributed by atoms with E-state index in [4.69, 9.17) is 11.6 Å². The Bertz CT molecular complexity index is 1190. The van der Waals surface area contributed by atoms with E-state index in [1.54, 1.807) is 44.2 Å². The lowest BCUT2D eigenvalue weighted by molar-refractivity contribution is 0.102. The lowest BCUT2D eigenvalue weighted by atomic mass is 10.1. The van der Waals surface area contributed by atoms with Gasteiger partial charge in [-0.2, -0.15) is 0 Å². The second-order valence-corrected chi connectivity index (χ2v) is 9.70. The number of phenols is 1. The van der Waals surface area contributed by atoms with E-state index < -0.39 is 9.84 Å². The van der Waals surface area contributed by atoms with Crippen LogP contribution >= 0.6 is 27.5 Å². The number of sulfone groups is 1. The van der Waals surface area contributed by atoms with E-state index in [1.165, 1.54) is 24.3 Å². The van der Waals surface area contributed by atoms with Crippen molar-refractivity contribution in [3.05, 3.63) is 80.8 Å². The smallest absolute Gasteiger partial charge is 0.255 e. The van der Waals surface area contributed by atoms with Gasteiger partial charge in [-0.25, -0.2) is 8.42 Å². The predicted molar refractivity (Wildman–Crippen MR) is 117 cm³/mol. The molecule has 29 heavy (non-hydrogen) atoms. The largest absolute Gasteiger partial charge is 0.506 e. The Balaban J connectivity index is 2.08. The van der Waals surface area contributed by atoms with Gasteiger partial charge in [0.05, 0.1) is 4.90 Å². The zero-order valence-electron chi connectivity index (χ0n) is 15.5. The molecule has 0 spiro atoms. The molecule has 3 rings (SSSR count). The van der Waals surface area contributed by atoms with Crippen LogP contribution < -0.4 is 5.32 Å². The third-order valence-electron chi connectivity index (χ3n) is 4.44. The molecule has 0 radical (unpaired) electrons. The van der Waals surface area contributed by atoms with E-state index in [0.717, 1.165) is 4.47 Å². The highest BCUT2D eigenvalue weighted by Crippen LogP contribution is 2.38. The second kappa shape index (κ2) is 8.18. The third-order valence-corrected chi connectivity index (χ3v) is 7.15. The zero-order valence-corrected chi connectivity index (χ0v) is 18.7. The number of carbonyl (C=O) groups is 1. The molecule has 0 aliphatic carbocycles. The highest BCUT2D eigenvalue weighted by Gasteiger charge is 2.27. The first-order chi connectivity index (χ1) is 13.6. The first-order valence-electron chi connectivity index (χ1n) is 8.52. The van der Waals surface area contributed by atoms with Crippen LogP contribution in [-0.2, 0) is 9.84 Å². The number of benzene rings is 3. The van der Waals surface area contributed by atoms with Crippen molar-refractivity contribution in [3.8, 4) is 5.75 Å². The fourth-order valence-electron chi connectivity index (χ4n) is 2.86. The molecule has 0 heterocycles. The maximum absolute atomic E-state index is 13.2. The average Bonchev–Trinajstić information content (AvgIpc) is 2.67. The van der Waals surface area contributed by atoms with Crippen molar-refractivity contribution in [2.45, 2.75) is 23.6 Å². The summed E-state index contributed by atoms with van der Waals surface area (Å²) < 4.78 is 27.2. The first kappa shape index (κ1) is 21.4. The molecule has 0 saturated heterocycles. The Morgan fingerprint density at radius 3 is 2.21 bits per heavy atom. The summed E-state index contributed by atoms with van der Waals surface area (Å²) in [4.78, 5) is 12.3. The van der Waals surface area contributed by atoms with Gasteiger partial charge in [0.2, 0.25) is 9.84 Å². The van der Waals surface area contributed by atoms with Gasteiger partial charge in [-0.05, 0) is 79.6 Å².